The number of hydrogen-bond donors (Lipinski definition) is 0. The first-order valence-electron chi connectivity index (χ1n) is 7.88. The van der Waals surface area contributed by atoms with Crippen molar-refractivity contribution in [3.8, 4) is 17.2 Å². The molecule has 132 valence electrons. The molecule has 0 N–H and O–H groups in total. The zero-order valence-corrected chi connectivity index (χ0v) is 15.3. The van der Waals surface area contributed by atoms with Crippen LogP contribution in [0.1, 0.15) is 5.56 Å². The van der Waals surface area contributed by atoms with E-state index in [2.05, 4.69) is 4.98 Å². The van der Waals surface area contributed by atoms with E-state index in [4.69, 9.17) is 14.2 Å². The van der Waals surface area contributed by atoms with Crippen molar-refractivity contribution in [2.75, 3.05) is 21.3 Å². The molecule has 26 heavy (non-hydrogen) atoms. The molecule has 0 spiro atoms. The van der Waals surface area contributed by atoms with Crippen LogP contribution in [0.3, 0.4) is 0 Å². The topological polar surface area (TPSA) is 62.1 Å². The molecule has 7 heteroatoms. The standard InChI is InChI=1S/C19H16N2O4S/c1-23-14-9-8-11(16(24-2)17(14)25-3)10-15-18(22)21-13-7-5-4-6-12(13)20-19(21)26-15/h4-10H,1-3H3. The zero-order valence-electron chi connectivity index (χ0n) is 14.5. The molecule has 0 unspecified atom stereocenters. The molecule has 0 saturated heterocycles. The van der Waals surface area contributed by atoms with Gasteiger partial charge in [0.2, 0.25) is 5.75 Å². The zero-order chi connectivity index (χ0) is 18.3. The lowest BCUT2D eigenvalue weighted by molar-refractivity contribution is 0.324. The van der Waals surface area contributed by atoms with Crippen molar-refractivity contribution in [3.05, 3.63) is 56.8 Å². The Bertz CT molecular complexity index is 1230. The van der Waals surface area contributed by atoms with Crippen LogP contribution in [0.5, 0.6) is 17.2 Å². The molecular weight excluding hydrogens is 352 g/mol. The summed E-state index contributed by atoms with van der Waals surface area (Å²) in [6.07, 6.45) is 1.79. The Morgan fingerprint density at radius 2 is 1.77 bits per heavy atom. The van der Waals surface area contributed by atoms with Crippen molar-refractivity contribution in [2.45, 2.75) is 0 Å². The van der Waals surface area contributed by atoms with E-state index in [-0.39, 0.29) is 5.56 Å². The van der Waals surface area contributed by atoms with Gasteiger partial charge in [-0.3, -0.25) is 4.79 Å². The molecule has 0 aliphatic rings. The van der Waals surface area contributed by atoms with Crippen LogP contribution in [-0.4, -0.2) is 30.7 Å². The molecular formula is C19H16N2O4S. The molecule has 0 radical (unpaired) electrons. The first-order chi connectivity index (χ1) is 12.7. The Morgan fingerprint density at radius 3 is 2.50 bits per heavy atom. The molecule has 0 atom stereocenters. The minimum absolute atomic E-state index is 0.101. The highest BCUT2D eigenvalue weighted by atomic mass is 32.1. The molecule has 4 rings (SSSR count). The van der Waals surface area contributed by atoms with Gasteiger partial charge in [0, 0.05) is 5.56 Å². The molecule has 0 fully saturated rings. The minimum Gasteiger partial charge on any atom is -0.493 e. The van der Waals surface area contributed by atoms with Gasteiger partial charge in [0.1, 0.15) is 0 Å². The summed E-state index contributed by atoms with van der Waals surface area (Å²) in [6, 6.07) is 11.2. The maximum absolute atomic E-state index is 12.9. The molecule has 2 aromatic heterocycles. The van der Waals surface area contributed by atoms with E-state index < -0.39 is 0 Å². The third-order valence-electron chi connectivity index (χ3n) is 4.17. The fraction of sp³-hybridized carbons (Fsp3) is 0.158. The van der Waals surface area contributed by atoms with Crippen molar-refractivity contribution in [3.63, 3.8) is 0 Å². The lowest BCUT2D eigenvalue weighted by Crippen LogP contribution is -2.22. The second-order valence-electron chi connectivity index (χ2n) is 5.56. The molecule has 2 aromatic carbocycles. The van der Waals surface area contributed by atoms with Gasteiger partial charge in [-0.2, -0.15) is 0 Å². The van der Waals surface area contributed by atoms with E-state index in [1.54, 1.807) is 37.9 Å². The maximum Gasteiger partial charge on any atom is 0.274 e. The van der Waals surface area contributed by atoms with E-state index in [1.165, 1.54) is 11.3 Å². The Kier molecular flexibility index (Phi) is 4.00. The van der Waals surface area contributed by atoms with Crippen LogP contribution in [-0.2, 0) is 0 Å². The number of aromatic nitrogens is 2. The molecule has 0 bridgehead atoms. The molecule has 6 nitrogen and oxygen atoms in total. The average Bonchev–Trinajstić information content (AvgIpc) is 3.17. The summed E-state index contributed by atoms with van der Waals surface area (Å²) in [5.74, 6) is 1.57. The van der Waals surface area contributed by atoms with Crippen LogP contribution in [0.15, 0.2) is 41.2 Å². The maximum atomic E-state index is 12.9. The second-order valence-corrected chi connectivity index (χ2v) is 6.57. The van der Waals surface area contributed by atoms with Crippen molar-refractivity contribution in [1.29, 1.82) is 0 Å². The van der Waals surface area contributed by atoms with Crippen LogP contribution >= 0.6 is 11.3 Å². The third kappa shape index (κ3) is 2.40. The summed E-state index contributed by atoms with van der Waals surface area (Å²) in [7, 11) is 4.67. The van der Waals surface area contributed by atoms with Gasteiger partial charge in [0.25, 0.3) is 5.56 Å². The fourth-order valence-electron chi connectivity index (χ4n) is 2.99. The Morgan fingerprint density at radius 1 is 1.00 bits per heavy atom. The molecule has 4 aromatic rings. The predicted octanol–water partition coefficient (Wildman–Crippen LogP) is 2.48. The lowest BCUT2D eigenvalue weighted by Gasteiger charge is -2.13. The number of fused-ring (bicyclic) bond motifs is 3. The van der Waals surface area contributed by atoms with E-state index in [1.807, 2.05) is 30.3 Å². The molecule has 0 aliphatic carbocycles. The minimum atomic E-state index is -0.101. The molecule has 0 amide bonds. The average molecular weight is 368 g/mol. The van der Waals surface area contributed by atoms with Gasteiger partial charge < -0.3 is 14.2 Å². The van der Waals surface area contributed by atoms with Gasteiger partial charge in [0.15, 0.2) is 16.5 Å². The highest BCUT2D eigenvalue weighted by Gasteiger charge is 2.16. The highest BCUT2D eigenvalue weighted by molar-refractivity contribution is 7.15. The van der Waals surface area contributed by atoms with Gasteiger partial charge in [0.05, 0.1) is 36.9 Å². The van der Waals surface area contributed by atoms with E-state index in [0.29, 0.717) is 26.7 Å². The number of thiazole rings is 1. The number of methoxy groups -OCH3 is 3. The summed E-state index contributed by atoms with van der Waals surface area (Å²) in [4.78, 5) is 18.1. The van der Waals surface area contributed by atoms with Crippen LogP contribution < -0.4 is 24.3 Å². The van der Waals surface area contributed by atoms with Gasteiger partial charge in [-0.15, -0.1) is 0 Å². The van der Waals surface area contributed by atoms with Crippen molar-refractivity contribution < 1.29 is 14.2 Å². The van der Waals surface area contributed by atoms with E-state index >= 15 is 0 Å². The molecule has 0 aliphatic heterocycles. The third-order valence-corrected chi connectivity index (χ3v) is 5.14. The Labute approximate surface area is 152 Å². The van der Waals surface area contributed by atoms with Gasteiger partial charge in [-0.05, 0) is 30.3 Å². The van der Waals surface area contributed by atoms with Crippen LogP contribution in [0.4, 0.5) is 0 Å². The first kappa shape index (κ1) is 16.4. The molecule has 0 saturated carbocycles. The Hall–Kier alpha value is -3.06. The summed E-state index contributed by atoms with van der Waals surface area (Å²) in [5, 5.41) is 0. The van der Waals surface area contributed by atoms with Crippen molar-refractivity contribution in [2.24, 2.45) is 0 Å². The number of benzene rings is 2. The van der Waals surface area contributed by atoms with Crippen molar-refractivity contribution >= 4 is 33.4 Å². The lowest BCUT2D eigenvalue weighted by atomic mass is 10.1. The fourth-order valence-corrected chi connectivity index (χ4v) is 3.97. The highest BCUT2D eigenvalue weighted by Crippen LogP contribution is 2.40. The summed E-state index contributed by atoms with van der Waals surface area (Å²) in [5.41, 5.74) is 2.25. The van der Waals surface area contributed by atoms with Crippen molar-refractivity contribution in [1.82, 2.24) is 9.38 Å². The number of ether oxygens (including phenoxy) is 3. The smallest absolute Gasteiger partial charge is 0.274 e. The normalized spacial score (nSPS) is 12.0. The SMILES string of the molecule is COc1ccc(C=c2sc3nc4ccccc4n3c2=O)c(OC)c1OC. The summed E-state index contributed by atoms with van der Waals surface area (Å²) < 4.78 is 18.4. The second kappa shape index (κ2) is 6.34. The largest absolute Gasteiger partial charge is 0.493 e. The van der Waals surface area contributed by atoms with Gasteiger partial charge in [-0.1, -0.05) is 23.5 Å². The number of imidazole rings is 1. The predicted molar refractivity (Wildman–Crippen MR) is 102 cm³/mol. The molecule has 2 heterocycles. The summed E-state index contributed by atoms with van der Waals surface area (Å²) in [6.45, 7) is 0. The van der Waals surface area contributed by atoms with Gasteiger partial charge in [-0.25, -0.2) is 9.38 Å². The van der Waals surface area contributed by atoms with E-state index in [9.17, 15) is 4.79 Å². The van der Waals surface area contributed by atoms with Gasteiger partial charge >= 0.3 is 0 Å². The number of rotatable bonds is 4. The van der Waals surface area contributed by atoms with E-state index in [0.717, 1.165) is 16.6 Å². The number of hydrogen-bond acceptors (Lipinski definition) is 6. The Balaban J connectivity index is 1.97. The number of para-hydroxylation sites is 2. The summed E-state index contributed by atoms with van der Waals surface area (Å²) >= 11 is 1.34. The number of nitrogens with zero attached hydrogens (tertiary/aromatic N) is 2. The quantitative estimate of drug-likeness (QED) is 0.554. The first-order valence-corrected chi connectivity index (χ1v) is 8.70. The monoisotopic (exact) mass is 368 g/mol. The van der Waals surface area contributed by atoms with Crippen LogP contribution in [0, 0.1) is 0 Å². The van der Waals surface area contributed by atoms with Crippen LogP contribution in [0.2, 0.25) is 0 Å². The van der Waals surface area contributed by atoms with Crippen LogP contribution in [0.25, 0.3) is 22.1 Å².